The number of carboxylic acids is 1. The number of carbonyl (C=O) groups is 1. The zero-order valence-corrected chi connectivity index (χ0v) is 12.9. The fraction of sp³-hybridized carbons (Fsp3) is 0.500. The van der Waals surface area contributed by atoms with Crippen LogP contribution in [0.2, 0.25) is 10.0 Å². The summed E-state index contributed by atoms with van der Waals surface area (Å²) in [4.78, 5) is 12.8. The standard InChI is InChI=1S/C14H19Cl2NO2/c1-9(2)17(7-6-14(18)19)10(3)12-8-11(15)4-5-13(12)16/h4-5,8-10H,6-7H2,1-3H3,(H,18,19). The van der Waals surface area contributed by atoms with Gasteiger partial charge in [0.2, 0.25) is 0 Å². The second-order valence-electron chi connectivity index (χ2n) is 4.82. The Bertz CT molecular complexity index is 449. The average molecular weight is 304 g/mol. The van der Waals surface area contributed by atoms with Gasteiger partial charge in [-0.05, 0) is 44.5 Å². The zero-order valence-electron chi connectivity index (χ0n) is 11.4. The van der Waals surface area contributed by atoms with E-state index < -0.39 is 5.97 Å². The van der Waals surface area contributed by atoms with Gasteiger partial charge in [-0.2, -0.15) is 0 Å². The van der Waals surface area contributed by atoms with Crippen molar-refractivity contribution in [1.82, 2.24) is 4.90 Å². The summed E-state index contributed by atoms with van der Waals surface area (Å²) in [5, 5.41) is 10.1. The molecule has 1 unspecified atom stereocenters. The summed E-state index contributed by atoms with van der Waals surface area (Å²) in [5.74, 6) is -0.796. The molecule has 1 N–H and O–H groups in total. The third kappa shape index (κ3) is 4.68. The number of hydrogen-bond acceptors (Lipinski definition) is 2. The molecule has 0 heterocycles. The van der Waals surface area contributed by atoms with Crippen molar-refractivity contribution in [1.29, 1.82) is 0 Å². The molecular formula is C14H19Cl2NO2. The van der Waals surface area contributed by atoms with Crippen molar-refractivity contribution in [3.8, 4) is 0 Å². The first-order valence-corrected chi connectivity index (χ1v) is 7.01. The van der Waals surface area contributed by atoms with E-state index in [9.17, 15) is 4.79 Å². The smallest absolute Gasteiger partial charge is 0.304 e. The SMILES string of the molecule is CC(C)N(CCC(=O)O)C(C)c1cc(Cl)ccc1Cl. The summed E-state index contributed by atoms with van der Waals surface area (Å²) >= 11 is 12.2. The van der Waals surface area contributed by atoms with Crippen molar-refractivity contribution >= 4 is 29.2 Å². The van der Waals surface area contributed by atoms with Crippen molar-refractivity contribution in [3.63, 3.8) is 0 Å². The maximum absolute atomic E-state index is 10.7. The van der Waals surface area contributed by atoms with Crippen molar-refractivity contribution in [3.05, 3.63) is 33.8 Å². The molecule has 0 saturated heterocycles. The van der Waals surface area contributed by atoms with Gasteiger partial charge in [-0.15, -0.1) is 0 Å². The van der Waals surface area contributed by atoms with E-state index in [1.54, 1.807) is 12.1 Å². The van der Waals surface area contributed by atoms with Gasteiger partial charge in [0.1, 0.15) is 0 Å². The molecule has 106 valence electrons. The molecular weight excluding hydrogens is 285 g/mol. The molecule has 0 fully saturated rings. The number of nitrogens with zero attached hydrogens (tertiary/aromatic N) is 1. The summed E-state index contributed by atoms with van der Waals surface area (Å²) in [5.41, 5.74) is 0.924. The van der Waals surface area contributed by atoms with Crippen LogP contribution in [0, 0.1) is 0 Å². The maximum Gasteiger partial charge on any atom is 0.304 e. The highest BCUT2D eigenvalue weighted by atomic mass is 35.5. The zero-order chi connectivity index (χ0) is 14.6. The molecule has 0 spiro atoms. The Labute approximate surface area is 124 Å². The Balaban J connectivity index is 2.95. The minimum Gasteiger partial charge on any atom is -0.481 e. The predicted octanol–water partition coefficient (Wildman–Crippen LogP) is 4.24. The summed E-state index contributed by atoms with van der Waals surface area (Å²) in [7, 11) is 0. The third-order valence-corrected chi connectivity index (χ3v) is 3.73. The van der Waals surface area contributed by atoms with Crippen LogP contribution in [0.4, 0.5) is 0 Å². The van der Waals surface area contributed by atoms with E-state index >= 15 is 0 Å². The first kappa shape index (κ1) is 16.3. The molecule has 19 heavy (non-hydrogen) atoms. The van der Waals surface area contributed by atoms with Gasteiger partial charge in [0.25, 0.3) is 0 Å². The Hall–Kier alpha value is -0.770. The molecule has 0 saturated carbocycles. The van der Waals surface area contributed by atoms with E-state index in [0.29, 0.717) is 16.6 Å². The minimum atomic E-state index is -0.796. The molecule has 5 heteroatoms. The predicted molar refractivity (Wildman–Crippen MR) is 79.0 cm³/mol. The van der Waals surface area contributed by atoms with Crippen LogP contribution in [0.3, 0.4) is 0 Å². The lowest BCUT2D eigenvalue weighted by atomic mass is 10.0. The Kier molecular flexibility index (Phi) is 6.11. The monoisotopic (exact) mass is 303 g/mol. The normalized spacial score (nSPS) is 13.0. The third-order valence-electron chi connectivity index (χ3n) is 3.15. The Morgan fingerprint density at radius 3 is 2.47 bits per heavy atom. The van der Waals surface area contributed by atoms with Crippen LogP contribution < -0.4 is 0 Å². The van der Waals surface area contributed by atoms with E-state index in [0.717, 1.165) is 5.56 Å². The fourth-order valence-electron chi connectivity index (χ4n) is 2.14. The molecule has 0 amide bonds. The summed E-state index contributed by atoms with van der Waals surface area (Å²) < 4.78 is 0. The second kappa shape index (κ2) is 7.13. The summed E-state index contributed by atoms with van der Waals surface area (Å²) in [6, 6.07) is 5.60. The van der Waals surface area contributed by atoms with Gasteiger partial charge in [-0.1, -0.05) is 23.2 Å². The van der Waals surface area contributed by atoms with Gasteiger partial charge >= 0.3 is 5.97 Å². The molecule has 0 aromatic heterocycles. The number of benzene rings is 1. The van der Waals surface area contributed by atoms with E-state index in [1.165, 1.54) is 0 Å². The van der Waals surface area contributed by atoms with Crippen molar-refractivity contribution < 1.29 is 9.90 Å². The molecule has 1 rings (SSSR count). The van der Waals surface area contributed by atoms with Crippen LogP contribution in [-0.4, -0.2) is 28.6 Å². The van der Waals surface area contributed by atoms with Gasteiger partial charge in [0.15, 0.2) is 0 Å². The molecule has 1 atom stereocenters. The lowest BCUT2D eigenvalue weighted by Gasteiger charge is -2.33. The van der Waals surface area contributed by atoms with Gasteiger partial charge in [-0.25, -0.2) is 0 Å². The van der Waals surface area contributed by atoms with Crippen molar-refractivity contribution in [2.24, 2.45) is 0 Å². The van der Waals surface area contributed by atoms with Crippen molar-refractivity contribution in [2.75, 3.05) is 6.54 Å². The van der Waals surface area contributed by atoms with Gasteiger partial charge in [0.05, 0.1) is 6.42 Å². The molecule has 0 aliphatic carbocycles. The lowest BCUT2D eigenvalue weighted by Crippen LogP contribution is -2.35. The van der Waals surface area contributed by atoms with Gasteiger partial charge in [-0.3, -0.25) is 9.69 Å². The first-order chi connectivity index (χ1) is 8.82. The van der Waals surface area contributed by atoms with Crippen LogP contribution in [-0.2, 0) is 4.79 Å². The van der Waals surface area contributed by atoms with Crippen LogP contribution in [0.1, 0.15) is 38.8 Å². The van der Waals surface area contributed by atoms with Gasteiger partial charge in [0, 0.05) is 28.7 Å². The Morgan fingerprint density at radius 1 is 1.32 bits per heavy atom. The van der Waals surface area contributed by atoms with E-state index in [4.69, 9.17) is 28.3 Å². The number of hydrogen-bond donors (Lipinski definition) is 1. The van der Waals surface area contributed by atoms with Crippen LogP contribution in [0.5, 0.6) is 0 Å². The quantitative estimate of drug-likeness (QED) is 0.854. The Morgan fingerprint density at radius 2 is 1.95 bits per heavy atom. The summed E-state index contributed by atoms with van der Waals surface area (Å²) in [6.07, 6.45) is 0.112. The van der Waals surface area contributed by atoms with Crippen LogP contribution in [0.15, 0.2) is 18.2 Å². The molecule has 3 nitrogen and oxygen atoms in total. The summed E-state index contributed by atoms with van der Waals surface area (Å²) in [6.45, 7) is 6.57. The highest BCUT2D eigenvalue weighted by Crippen LogP contribution is 2.31. The molecule has 0 radical (unpaired) electrons. The fourth-order valence-corrected chi connectivity index (χ4v) is 2.59. The van der Waals surface area contributed by atoms with E-state index in [1.807, 2.05) is 26.8 Å². The molecule has 0 bridgehead atoms. The highest BCUT2D eigenvalue weighted by molar-refractivity contribution is 6.33. The van der Waals surface area contributed by atoms with Crippen LogP contribution in [0.25, 0.3) is 0 Å². The largest absolute Gasteiger partial charge is 0.481 e. The van der Waals surface area contributed by atoms with Crippen LogP contribution >= 0.6 is 23.2 Å². The number of rotatable bonds is 6. The molecule has 1 aromatic carbocycles. The molecule has 0 aliphatic rings. The number of aliphatic carboxylic acids is 1. The van der Waals surface area contributed by atoms with Crippen molar-refractivity contribution in [2.45, 2.75) is 39.3 Å². The second-order valence-corrected chi connectivity index (χ2v) is 5.66. The number of halogens is 2. The minimum absolute atomic E-state index is 0.0190. The topological polar surface area (TPSA) is 40.5 Å². The van der Waals surface area contributed by atoms with Gasteiger partial charge < -0.3 is 5.11 Å². The van der Waals surface area contributed by atoms with E-state index in [-0.39, 0.29) is 18.5 Å². The van der Waals surface area contributed by atoms with E-state index in [2.05, 4.69) is 4.90 Å². The first-order valence-electron chi connectivity index (χ1n) is 6.25. The lowest BCUT2D eigenvalue weighted by molar-refractivity contribution is -0.137. The molecule has 0 aliphatic heterocycles. The molecule has 1 aromatic rings. The average Bonchev–Trinajstić information content (AvgIpc) is 2.31. The maximum atomic E-state index is 10.7. The highest BCUT2D eigenvalue weighted by Gasteiger charge is 2.21. The number of carboxylic acid groups (broad SMARTS) is 1.